The van der Waals surface area contributed by atoms with E-state index in [0.29, 0.717) is 40.1 Å². The van der Waals surface area contributed by atoms with Crippen LogP contribution in [0.2, 0.25) is 0 Å². The average Bonchev–Trinajstić information content (AvgIpc) is 2.72. The lowest BCUT2D eigenvalue weighted by molar-refractivity contribution is -0.107. The number of aryl methyl sites for hydroxylation is 1. The minimum atomic E-state index is -4.57. The summed E-state index contributed by atoms with van der Waals surface area (Å²) in [4.78, 5) is 30.0. The number of aliphatic imine (C=N–C) groups is 2. The molecule has 1 amide bonds. The largest absolute Gasteiger partial charge is 0.433 e. The molecule has 0 aliphatic heterocycles. The van der Waals surface area contributed by atoms with Gasteiger partial charge in [-0.25, -0.2) is 0 Å². The fourth-order valence-corrected chi connectivity index (χ4v) is 2.78. The Morgan fingerprint density at radius 2 is 1.91 bits per heavy atom. The first-order chi connectivity index (χ1) is 15.0. The monoisotopic (exact) mass is 448 g/mol. The average molecular weight is 448 g/mol. The van der Waals surface area contributed by atoms with Gasteiger partial charge in [0.2, 0.25) is 0 Å². The second-order valence-corrected chi connectivity index (χ2v) is 6.81. The summed E-state index contributed by atoms with van der Waals surface area (Å²) in [5.74, 6) is -0.355. The number of benzene rings is 1. The van der Waals surface area contributed by atoms with Crippen molar-refractivity contribution >= 4 is 29.3 Å². The molecule has 0 aliphatic rings. The third-order valence-electron chi connectivity index (χ3n) is 4.46. The van der Waals surface area contributed by atoms with E-state index in [1.165, 1.54) is 26.1 Å². The minimum Gasteiger partial charge on any atom is -0.355 e. The van der Waals surface area contributed by atoms with E-state index in [-0.39, 0.29) is 18.0 Å². The molecule has 0 aromatic heterocycles. The maximum absolute atomic E-state index is 13.2. The van der Waals surface area contributed by atoms with Crippen LogP contribution in [-0.4, -0.2) is 43.4 Å². The Morgan fingerprint density at radius 3 is 2.41 bits per heavy atom. The molecule has 0 fully saturated rings. The van der Waals surface area contributed by atoms with Crippen molar-refractivity contribution in [2.75, 3.05) is 18.9 Å². The first-order valence-electron chi connectivity index (χ1n) is 9.67. The van der Waals surface area contributed by atoms with Gasteiger partial charge in [0.05, 0.1) is 18.0 Å². The number of aldehydes is 1. The number of carbonyl (C=O) groups is 2. The van der Waals surface area contributed by atoms with Gasteiger partial charge in [-0.15, -0.1) is 0 Å². The van der Waals surface area contributed by atoms with Crippen molar-refractivity contribution in [1.29, 1.82) is 0 Å². The summed E-state index contributed by atoms with van der Waals surface area (Å²) in [6.07, 6.45) is -1.29. The first kappa shape index (κ1) is 26.5. The topological polar surface area (TPSA) is 82.9 Å². The van der Waals surface area contributed by atoms with Gasteiger partial charge in [0, 0.05) is 30.1 Å². The molecule has 0 heterocycles. The standard InChI is InChI=1S/C23H27F3N4O2/c1-7-19(21(27-6)23(24,25)26)15(3)13-29-16(4)17(5)30-18-8-9-20(14(2)12-18)22(32)28-10-11-31/h7-9,11-13,30H,5,10H2,1-4,6H3,(H,28,32)/b15-13+,19-7-,27-21?,29-16?. The maximum atomic E-state index is 13.2. The second-order valence-electron chi connectivity index (χ2n) is 6.81. The number of rotatable bonds is 9. The van der Waals surface area contributed by atoms with Gasteiger partial charge in [0.25, 0.3) is 5.91 Å². The highest BCUT2D eigenvalue weighted by Gasteiger charge is 2.37. The Kier molecular flexibility index (Phi) is 9.77. The number of halogens is 3. The van der Waals surface area contributed by atoms with E-state index in [0.717, 1.165) is 7.05 Å². The molecule has 0 unspecified atom stereocenters. The van der Waals surface area contributed by atoms with Crippen LogP contribution in [0.1, 0.15) is 36.7 Å². The number of amides is 1. The molecular weight excluding hydrogens is 421 g/mol. The number of hydrogen-bond acceptors (Lipinski definition) is 5. The number of nitrogens with one attached hydrogen (secondary N) is 2. The van der Waals surface area contributed by atoms with Gasteiger partial charge in [-0.3, -0.25) is 14.8 Å². The van der Waals surface area contributed by atoms with Crippen LogP contribution in [0.5, 0.6) is 0 Å². The van der Waals surface area contributed by atoms with Crippen LogP contribution < -0.4 is 10.6 Å². The molecule has 0 saturated carbocycles. The number of carbonyl (C=O) groups excluding carboxylic acids is 2. The molecule has 1 rings (SSSR count). The predicted molar refractivity (Wildman–Crippen MR) is 122 cm³/mol. The van der Waals surface area contributed by atoms with E-state index in [9.17, 15) is 22.8 Å². The van der Waals surface area contributed by atoms with Gasteiger partial charge in [0.1, 0.15) is 12.0 Å². The molecule has 1 aromatic carbocycles. The SMILES string of the molecule is C=C(Nc1ccc(C(=O)NCC=O)c(C)c1)C(C)=N/C=C(C)/C(=C/C)C(=NC)C(F)(F)F. The van der Waals surface area contributed by atoms with Crippen LogP contribution in [0.3, 0.4) is 0 Å². The minimum absolute atomic E-state index is 0.0470. The van der Waals surface area contributed by atoms with Gasteiger partial charge in [-0.1, -0.05) is 12.7 Å². The maximum Gasteiger partial charge on any atom is 0.433 e. The van der Waals surface area contributed by atoms with E-state index in [4.69, 9.17) is 0 Å². The molecule has 32 heavy (non-hydrogen) atoms. The fourth-order valence-electron chi connectivity index (χ4n) is 2.78. The van der Waals surface area contributed by atoms with Crippen molar-refractivity contribution in [3.63, 3.8) is 0 Å². The first-order valence-corrected chi connectivity index (χ1v) is 9.67. The third kappa shape index (κ3) is 7.33. The smallest absolute Gasteiger partial charge is 0.355 e. The van der Waals surface area contributed by atoms with E-state index >= 15 is 0 Å². The zero-order valence-electron chi connectivity index (χ0n) is 18.7. The van der Waals surface area contributed by atoms with Crippen molar-refractivity contribution in [3.8, 4) is 0 Å². The predicted octanol–water partition coefficient (Wildman–Crippen LogP) is 4.79. The second kappa shape index (κ2) is 11.8. The van der Waals surface area contributed by atoms with E-state index in [1.807, 2.05) is 0 Å². The molecule has 0 atom stereocenters. The van der Waals surface area contributed by atoms with Crippen LogP contribution >= 0.6 is 0 Å². The highest BCUT2D eigenvalue weighted by molar-refractivity contribution is 6.07. The summed E-state index contributed by atoms with van der Waals surface area (Å²) >= 11 is 0. The van der Waals surface area contributed by atoms with Gasteiger partial charge in [-0.05, 0) is 57.0 Å². The molecule has 9 heteroatoms. The van der Waals surface area contributed by atoms with Crippen LogP contribution in [0.15, 0.2) is 63.9 Å². The summed E-state index contributed by atoms with van der Waals surface area (Å²) in [5.41, 5.74) is 1.97. The van der Waals surface area contributed by atoms with Crippen LogP contribution in [0.25, 0.3) is 0 Å². The van der Waals surface area contributed by atoms with Crippen LogP contribution in [0, 0.1) is 6.92 Å². The van der Waals surface area contributed by atoms with Gasteiger partial charge in [0.15, 0.2) is 0 Å². The Bertz CT molecular complexity index is 1000. The lowest BCUT2D eigenvalue weighted by Crippen LogP contribution is -2.25. The summed E-state index contributed by atoms with van der Waals surface area (Å²) in [5, 5.41) is 5.53. The zero-order chi connectivity index (χ0) is 24.5. The molecule has 6 nitrogen and oxygen atoms in total. The van der Waals surface area contributed by atoms with Crippen molar-refractivity contribution < 1.29 is 22.8 Å². The van der Waals surface area contributed by atoms with E-state index in [1.54, 1.807) is 32.0 Å². The van der Waals surface area contributed by atoms with Gasteiger partial charge in [-0.2, -0.15) is 13.2 Å². The fraction of sp³-hybridized carbons (Fsp3) is 0.304. The highest BCUT2D eigenvalue weighted by Crippen LogP contribution is 2.26. The molecule has 2 N–H and O–H groups in total. The lowest BCUT2D eigenvalue weighted by Gasteiger charge is -2.14. The van der Waals surface area contributed by atoms with Crippen molar-refractivity contribution in [2.24, 2.45) is 9.98 Å². The molecule has 172 valence electrons. The Hall–Kier alpha value is -3.49. The Morgan fingerprint density at radius 1 is 1.25 bits per heavy atom. The summed E-state index contributed by atoms with van der Waals surface area (Å²) in [6.45, 7) is 10.3. The summed E-state index contributed by atoms with van der Waals surface area (Å²) in [6, 6.07) is 5.02. The molecule has 0 radical (unpaired) electrons. The van der Waals surface area contributed by atoms with Crippen LogP contribution in [-0.2, 0) is 4.79 Å². The molecule has 0 saturated heterocycles. The number of alkyl halides is 3. The number of nitrogens with zero attached hydrogens (tertiary/aromatic N) is 2. The normalized spacial score (nSPS) is 13.6. The number of anilines is 1. The van der Waals surface area contributed by atoms with Gasteiger partial charge >= 0.3 is 6.18 Å². The van der Waals surface area contributed by atoms with Crippen LogP contribution in [0.4, 0.5) is 18.9 Å². The number of allylic oxidation sites excluding steroid dienone is 4. The molecule has 0 spiro atoms. The molecule has 0 bridgehead atoms. The molecule has 0 aliphatic carbocycles. The van der Waals surface area contributed by atoms with Crippen molar-refractivity contribution in [1.82, 2.24) is 5.32 Å². The Balaban J connectivity index is 2.99. The molecule has 1 aromatic rings. The highest BCUT2D eigenvalue weighted by atomic mass is 19.4. The zero-order valence-corrected chi connectivity index (χ0v) is 18.7. The summed E-state index contributed by atoms with van der Waals surface area (Å²) < 4.78 is 39.5. The third-order valence-corrected chi connectivity index (χ3v) is 4.46. The van der Waals surface area contributed by atoms with Crippen molar-refractivity contribution in [3.05, 3.63) is 65.0 Å². The summed E-state index contributed by atoms with van der Waals surface area (Å²) in [7, 11) is 1.10. The van der Waals surface area contributed by atoms with Crippen molar-refractivity contribution in [2.45, 2.75) is 33.9 Å². The quantitative estimate of drug-likeness (QED) is 0.324. The lowest BCUT2D eigenvalue weighted by atomic mass is 10.0. The Labute approximate surface area is 185 Å². The molecular formula is C23H27F3N4O2. The van der Waals surface area contributed by atoms with Gasteiger partial charge < -0.3 is 15.4 Å². The van der Waals surface area contributed by atoms with E-state index < -0.39 is 11.9 Å². The van der Waals surface area contributed by atoms with E-state index in [2.05, 4.69) is 27.2 Å². The number of hydrogen-bond donors (Lipinski definition) is 2.